The lowest BCUT2D eigenvalue weighted by molar-refractivity contribution is 0.0940. The number of rotatable bonds is 6. The average Bonchev–Trinajstić information content (AvgIpc) is 3.01. The van der Waals surface area contributed by atoms with E-state index in [4.69, 9.17) is 4.74 Å². The third-order valence-corrected chi connectivity index (χ3v) is 4.49. The number of aryl methyl sites for hydroxylation is 1. The summed E-state index contributed by atoms with van der Waals surface area (Å²) in [5, 5.41) is 10.4. The smallest absolute Gasteiger partial charge is 0.255 e. The van der Waals surface area contributed by atoms with Crippen molar-refractivity contribution in [2.75, 3.05) is 12.4 Å². The quantitative estimate of drug-likeness (QED) is 0.700. The van der Waals surface area contributed by atoms with Gasteiger partial charge in [0.05, 0.1) is 24.9 Å². The van der Waals surface area contributed by atoms with Crippen LogP contribution in [-0.4, -0.2) is 27.8 Å². The van der Waals surface area contributed by atoms with Gasteiger partial charge in [0.25, 0.3) is 5.91 Å². The first-order valence-electron chi connectivity index (χ1n) is 8.65. The molecule has 0 unspecified atom stereocenters. The number of ether oxygens (including phenoxy) is 1. The molecule has 1 amide bonds. The summed E-state index contributed by atoms with van der Waals surface area (Å²) in [6, 6.07) is 10.8. The second-order valence-corrected chi connectivity index (χ2v) is 6.26. The molecule has 0 saturated carbocycles. The molecule has 0 aliphatic carbocycles. The summed E-state index contributed by atoms with van der Waals surface area (Å²) in [6.07, 6.45) is 3.43. The van der Waals surface area contributed by atoms with Gasteiger partial charge in [0.15, 0.2) is 0 Å². The summed E-state index contributed by atoms with van der Waals surface area (Å²) in [4.78, 5) is 17.1. The Morgan fingerprint density at radius 3 is 2.59 bits per heavy atom. The zero-order valence-corrected chi connectivity index (χ0v) is 15.9. The van der Waals surface area contributed by atoms with Crippen LogP contribution >= 0.6 is 0 Å². The second kappa shape index (κ2) is 7.90. The topological polar surface area (TPSA) is 81.1 Å². The second-order valence-electron chi connectivity index (χ2n) is 6.26. The molecule has 0 bridgehead atoms. The minimum atomic E-state index is -0.199. The van der Waals surface area contributed by atoms with E-state index in [1.807, 2.05) is 45.2 Å². The Kier molecular flexibility index (Phi) is 5.40. The lowest BCUT2D eigenvalue weighted by Crippen LogP contribution is -2.27. The Bertz CT molecular complexity index is 934. The lowest BCUT2D eigenvalue weighted by atomic mass is 10.1. The third kappa shape index (κ3) is 4.08. The number of aromatic nitrogens is 3. The molecule has 2 aromatic heterocycles. The van der Waals surface area contributed by atoms with E-state index in [1.165, 1.54) is 0 Å². The van der Waals surface area contributed by atoms with E-state index in [0.29, 0.717) is 11.4 Å². The fraction of sp³-hybridized carbons (Fsp3) is 0.250. The number of hydrogen-bond acceptors (Lipinski definition) is 5. The van der Waals surface area contributed by atoms with Crippen molar-refractivity contribution in [2.24, 2.45) is 7.05 Å². The predicted molar refractivity (Wildman–Crippen MR) is 104 cm³/mol. The van der Waals surface area contributed by atoms with Crippen molar-refractivity contribution < 1.29 is 9.53 Å². The van der Waals surface area contributed by atoms with E-state index >= 15 is 0 Å². The van der Waals surface area contributed by atoms with Crippen molar-refractivity contribution in [2.45, 2.75) is 19.9 Å². The zero-order chi connectivity index (χ0) is 19.4. The predicted octanol–water partition coefficient (Wildman–Crippen LogP) is 3.37. The molecule has 0 radical (unpaired) electrons. The molecule has 2 N–H and O–H groups in total. The van der Waals surface area contributed by atoms with E-state index < -0.39 is 0 Å². The minimum Gasteiger partial charge on any atom is -0.497 e. The highest BCUT2D eigenvalue weighted by molar-refractivity contribution is 5.99. The van der Waals surface area contributed by atoms with Crippen LogP contribution in [0.5, 0.6) is 5.75 Å². The van der Waals surface area contributed by atoms with Gasteiger partial charge in [-0.15, -0.1) is 0 Å². The van der Waals surface area contributed by atoms with Crippen LogP contribution in [0.4, 0.5) is 11.5 Å². The summed E-state index contributed by atoms with van der Waals surface area (Å²) in [7, 11) is 3.50. The normalized spacial score (nSPS) is 11.7. The molecule has 3 rings (SSSR count). The number of nitrogens with zero attached hydrogens (tertiary/aromatic N) is 3. The maximum atomic E-state index is 12.8. The molecule has 0 aliphatic heterocycles. The van der Waals surface area contributed by atoms with Gasteiger partial charge in [0.1, 0.15) is 11.6 Å². The molecule has 2 heterocycles. The number of amides is 1. The Morgan fingerprint density at radius 2 is 1.96 bits per heavy atom. The molecule has 140 valence electrons. The van der Waals surface area contributed by atoms with E-state index in [2.05, 4.69) is 20.7 Å². The SMILES string of the molecule is COc1ccc(Nc2ncccc2C(=O)N[C@H](C)c2cnn(C)c2C)cc1. The van der Waals surface area contributed by atoms with Gasteiger partial charge < -0.3 is 15.4 Å². The van der Waals surface area contributed by atoms with Gasteiger partial charge in [0.2, 0.25) is 0 Å². The van der Waals surface area contributed by atoms with Crippen molar-refractivity contribution in [1.82, 2.24) is 20.1 Å². The highest BCUT2D eigenvalue weighted by atomic mass is 16.5. The van der Waals surface area contributed by atoms with Crippen LogP contribution in [-0.2, 0) is 7.05 Å². The number of methoxy groups -OCH3 is 1. The van der Waals surface area contributed by atoms with Crippen LogP contribution in [0.3, 0.4) is 0 Å². The summed E-state index contributed by atoms with van der Waals surface area (Å²) in [6.45, 7) is 3.92. The van der Waals surface area contributed by atoms with Gasteiger partial charge >= 0.3 is 0 Å². The summed E-state index contributed by atoms with van der Waals surface area (Å²) in [5.41, 5.74) is 3.30. The highest BCUT2D eigenvalue weighted by Gasteiger charge is 2.18. The first-order chi connectivity index (χ1) is 13.0. The number of nitrogens with one attached hydrogen (secondary N) is 2. The number of carbonyl (C=O) groups excluding carboxylic acids is 1. The van der Waals surface area contributed by atoms with Crippen LogP contribution in [0.2, 0.25) is 0 Å². The van der Waals surface area contributed by atoms with Crippen molar-refractivity contribution in [3.05, 3.63) is 65.6 Å². The van der Waals surface area contributed by atoms with Crippen molar-refractivity contribution in [1.29, 1.82) is 0 Å². The van der Waals surface area contributed by atoms with Crippen molar-refractivity contribution in [3.63, 3.8) is 0 Å². The highest BCUT2D eigenvalue weighted by Crippen LogP contribution is 2.22. The van der Waals surface area contributed by atoms with Gasteiger partial charge in [-0.2, -0.15) is 5.10 Å². The van der Waals surface area contributed by atoms with E-state index in [9.17, 15) is 4.79 Å². The maximum Gasteiger partial charge on any atom is 0.255 e. The number of pyridine rings is 1. The molecular weight excluding hydrogens is 342 g/mol. The molecule has 3 aromatic rings. The van der Waals surface area contributed by atoms with Gasteiger partial charge in [0, 0.05) is 30.2 Å². The number of benzene rings is 1. The molecule has 1 aromatic carbocycles. The minimum absolute atomic E-state index is 0.166. The fourth-order valence-electron chi connectivity index (χ4n) is 2.79. The molecule has 7 heteroatoms. The molecule has 0 aliphatic rings. The van der Waals surface area contributed by atoms with Crippen LogP contribution < -0.4 is 15.4 Å². The summed E-state index contributed by atoms with van der Waals surface area (Å²) in [5.74, 6) is 1.06. The third-order valence-electron chi connectivity index (χ3n) is 4.49. The van der Waals surface area contributed by atoms with Crippen molar-refractivity contribution in [3.8, 4) is 5.75 Å². The summed E-state index contributed by atoms with van der Waals surface area (Å²) >= 11 is 0. The number of anilines is 2. The molecule has 27 heavy (non-hydrogen) atoms. The maximum absolute atomic E-state index is 12.8. The molecule has 0 fully saturated rings. The standard InChI is InChI=1S/C20H23N5O2/c1-13(18-12-22-25(3)14(18)2)23-20(26)17-6-5-11-21-19(17)24-15-7-9-16(27-4)10-8-15/h5-13H,1-4H3,(H,21,24)(H,23,26)/t13-/m1/s1. The Morgan fingerprint density at radius 1 is 1.22 bits per heavy atom. The van der Waals surface area contributed by atoms with Gasteiger partial charge in [-0.1, -0.05) is 0 Å². The molecule has 1 atom stereocenters. The average molecular weight is 365 g/mol. The Balaban J connectivity index is 1.77. The lowest BCUT2D eigenvalue weighted by Gasteiger charge is -2.16. The van der Waals surface area contributed by atoms with Gasteiger partial charge in [-0.25, -0.2) is 4.98 Å². The van der Waals surface area contributed by atoms with Crippen molar-refractivity contribution >= 4 is 17.4 Å². The largest absolute Gasteiger partial charge is 0.497 e. The van der Waals surface area contributed by atoms with Crippen LogP contribution in [0.15, 0.2) is 48.8 Å². The number of hydrogen-bond donors (Lipinski definition) is 2. The first kappa shape index (κ1) is 18.4. The van der Waals surface area contributed by atoms with E-state index in [0.717, 1.165) is 22.7 Å². The summed E-state index contributed by atoms with van der Waals surface area (Å²) < 4.78 is 6.95. The molecule has 0 saturated heterocycles. The Labute approximate surface area is 158 Å². The molecule has 0 spiro atoms. The van der Waals surface area contributed by atoms with Gasteiger partial charge in [-0.05, 0) is 50.2 Å². The first-order valence-corrected chi connectivity index (χ1v) is 8.65. The monoisotopic (exact) mass is 365 g/mol. The van der Waals surface area contributed by atoms with Gasteiger partial charge in [-0.3, -0.25) is 9.48 Å². The van der Waals surface area contributed by atoms with E-state index in [-0.39, 0.29) is 11.9 Å². The molecule has 7 nitrogen and oxygen atoms in total. The zero-order valence-electron chi connectivity index (χ0n) is 15.9. The fourth-order valence-corrected chi connectivity index (χ4v) is 2.79. The van der Waals surface area contributed by atoms with Crippen LogP contribution in [0, 0.1) is 6.92 Å². The number of carbonyl (C=O) groups is 1. The van der Waals surface area contributed by atoms with E-state index in [1.54, 1.807) is 36.3 Å². The van der Waals surface area contributed by atoms with Crippen LogP contribution in [0.1, 0.15) is 34.6 Å². The Hall–Kier alpha value is -3.35. The van der Waals surface area contributed by atoms with Crippen LogP contribution in [0.25, 0.3) is 0 Å². The molecular formula is C20H23N5O2.